The number of hydrogen-bond donors (Lipinski definition) is 2. The van der Waals surface area contributed by atoms with Crippen molar-refractivity contribution in [2.45, 2.75) is 32.9 Å². The van der Waals surface area contributed by atoms with Crippen LogP contribution in [0.3, 0.4) is 0 Å². The Morgan fingerprint density at radius 3 is 2.67 bits per heavy atom. The van der Waals surface area contributed by atoms with Crippen molar-refractivity contribution in [2.75, 3.05) is 7.05 Å². The van der Waals surface area contributed by atoms with Crippen LogP contribution in [-0.2, 0) is 6.54 Å². The highest BCUT2D eigenvalue weighted by atomic mass is 127. The zero-order valence-electron chi connectivity index (χ0n) is 12.6. The van der Waals surface area contributed by atoms with Crippen LogP contribution in [0.1, 0.15) is 26.5 Å². The van der Waals surface area contributed by atoms with Gasteiger partial charge in [-0.1, -0.05) is 0 Å². The standard InChI is InChI=1S/C14H20BrN5.HI/c1-14(2,3)19-13(16-4)17-7-11-9-20-8-10(15)5-6-12(20)18-11;/h5-6,8-9H,7H2,1-4H3,(H2,16,17,19);1H. The number of aromatic nitrogens is 2. The second-order valence-electron chi connectivity index (χ2n) is 5.65. The Morgan fingerprint density at radius 1 is 1.33 bits per heavy atom. The number of imidazole rings is 1. The van der Waals surface area contributed by atoms with Gasteiger partial charge in [0.25, 0.3) is 0 Å². The van der Waals surface area contributed by atoms with Crippen LogP contribution in [0.5, 0.6) is 0 Å². The van der Waals surface area contributed by atoms with Gasteiger partial charge >= 0.3 is 0 Å². The number of pyridine rings is 1. The average Bonchev–Trinajstić information content (AvgIpc) is 2.75. The molecule has 21 heavy (non-hydrogen) atoms. The summed E-state index contributed by atoms with van der Waals surface area (Å²) in [4.78, 5) is 8.76. The first-order valence-corrected chi connectivity index (χ1v) is 7.29. The van der Waals surface area contributed by atoms with E-state index >= 15 is 0 Å². The molecule has 0 saturated carbocycles. The summed E-state index contributed by atoms with van der Waals surface area (Å²) >= 11 is 3.45. The maximum Gasteiger partial charge on any atom is 0.191 e. The molecule has 5 nitrogen and oxygen atoms in total. The van der Waals surface area contributed by atoms with Gasteiger partial charge in [0.15, 0.2) is 5.96 Å². The van der Waals surface area contributed by atoms with Gasteiger partial charge in [-0.3, -0.25) is 4.99 Å². The van der Waals surface area contributed by atoms with Crippen LogP contribution in [0.15, 0.2) is 34.0 Å². The number of nitrogens with zero attached hydrogens (tertiary/aromatic N) is 3. The molecule has 116 valence electrons. The SMILES string of the molecule is CN=C(NCc1cn2cc(Br)ccc2n1)NC(C)(C)C.I. The molecule has 0 unspecified atom stereocenters. The number of fused-ring (bicyclic) bond motifs is 1. The third-order valence-electron chi connectivity index (χ3n) is 2.62. The smallest absolute Gasteiger partial charge is 0.191 e. The van der Waals surface area contributed by atoms with Gasteiger partial charge in [0.05, 0.1) is 12.2 Å². The van der Waals surface area contributed by atoms with Gasteiger partial charge in [-0.15, -0.1) is 24.0 Å². The summed E-state index contributed by atoms with van der Waals surface area (Å²) < 4.78 is 3.04. The Bertz CT molecular complexity index is 630. The zero-order valence-corrected chi connectivity index (χ0v) is 16.6. The molecular formula is C14H21BrIN5. The van der Waals surface area contributed by atoms with Crippen LogP contribution in [-0.4, -0.2) is 27.9 Å². The molecule has 0 aliphatic rings. The van der Waals surface area contributed by atoms with Crippen molar-refractivity contribution in [3.63, 3.8) is 0 Å². The number of guanidine groups is 1. The Hall–Kier alpha value is -0.830. The van der Waals surface area contributed by atoms with Gasteiger partial charge in [-0.25, -0.2) is 4.98 Å². The molecule has 2 aromatic rings. The fourth-order valence-corrected chi connectivity index (χ4v) is 2.16. The first kappa shape index (κ1) is 18.2. The quantitative estimate of drug-likeness (QED) is 0.407. The number of nitrogens with one attached hydrogen (secondary N) is 2. The average molecular weight is 466 g/mol. The van der Waals surface area contributed by atoms with E-state index in [1.807, 2.05) is 28.9 Å². The Morgan fingerprint density at radius 2 is 2.05 bits per heavy atom. The van der Waals surface area contributed by atoms with Crippen LogP contribution in [0.25, 0.3) is 5.65 Å². The van der Waals surface area contributed by atoms with Crippen molar-refractivity contribution in [2.24, 2.45) is 4.99 Å². The summed E-state index contributed by atoms with van der Waals surface area (Å²) in [6, 6.07) is 3.97. The van der Waals surface area contributed by atoms with E-state index in [2.05, 4.69) is 57.3 Å². The van der Waals surface area contributed by atoms with E-state index in [1.54, 1.807) is 7.05 Å². The number of halogens is 2. The predicted octanol–water partition coefficient (Wildman–Crippen LogP) is 3.18. The molecule has 0 amide bonds. The topological polar surface area (TPSA) is 53.7 Å². The van der Waals surface area contributed by atoms with E-state index < -0.39 is 0 Å². The minimum absolute atomic E-state index is 0. The molecule has 2 rings (SSSR count). The van der Waals surface area contributed by atoms with Gasteiger partial charge in [0, 0.05) is 29.5 Å². The minimum Gasteiger partial charge on any atom is -0.352 e. The molecule has 2 N–H and O–H groups in total. The summed E-state index contributed by atoms with van der Waals surface area (Å²) in [6.45, 7) is 6.93. The zero-order chi connectivity index (χ0) is 14.8. The molecule has 2 aromatic heterocycles. The van der Waals surface area contributed by atoms with Crippen molar-refractivity contribution in [3.05, 3.63) is 34.7 Å². The second-order valence-corrected chi connectivity index (χ2v) is 6.56. The Labute approximate surface area is 150 Å². The lowest BCUT2D eigenvalue weighted by atomic mass is 10.1. The van der Waals surface area contributed by atoms with E-state index in [9.17, 15) is 0 Å². The molecule has 0 fully saturated rings. The highest BCUT2D eigenvalue weighted by molar-refractivity contribution is 14.0. The number of aliphatic imine (C=N–C) groups is 1. The van der Waals surface area contributed by atoms with E-state index in [0.29, 0.717) is 6.54 Å². The number of hydrogen-bond acceptors (Lipinski definition) is 2. The van der Waals surface area contributed by atoms with Crippen molar-refractivity contribution >= 4 is 51.5 Å². The molecule has 0 atom stereocenters. The van der Waals surface area contributed by atoms with Crippen LogP contribution in [0, 0.1) is 0 Å². The molecule has 0 aromatic carbocycles. The van der Waals surface area contributed by atoms with Crippen molar-refractivity contribution in [1.82, 2.24) is 20.0 Å². The number of rotatable bonds is 2. The maximum absolute atomic E-state index is 4.55. The molecule has 0 radical (unpaired) electrons. The Kier molecular flexibility index (Phi) is 6.45. The van der Waals surface area contributed by atoms with Gasteiger partial charge in [-0.2, -0.15) is 0 Å². The summed E-state index contributed by atoms with van der Waals surface area (Å²) in [5.74, 6) is 0.774. The van der Waals surface area contributed by atoms with Crippen molar-refractivity contribution in [1.29, 1.82) is 0 Å². The molecule has 0 aliphatic heterocycles. The first-order valence-electron chi connectivity index (χ1n) is 6.49. The molecule has 7 heteroatoms. The largest absolute Gasteiger partial charge is 0.352 e. The first-order chi connectivity index (χ1) is 9.37. The summed E-state index contributed by atoms with van der Waals surface area (Å²) in [7, 11) is 1.77. The van der Waals surface area contributed by atoms with Crippen molar-refractivity contribution < 1.29 is 0 Å². The van der Waals surface area contributed by atoms with Gasteiger partial charge < -0.3 is 15.0 Å². The van der Waals surface area contributed by atoms with Crippen LogP contribution < -0.4 is 10.6 Å². The third-order valence-corrected chi connectivity index (χ3v) is 3.09. The lowest BCUT2D eigenvalue weighted by molar-refractivity contribution is 0.501. The van der Waals surface area contributed by atoms with Crippen molar-refractivity contribution in [3.8, 4) is 0 Å². The van der Waals surface area contributed by atoms with Crippen LogP contribution in [0.2, 0.25) is 0 Å². The van der Waals surface area contributed by atoms with Gasteiger partial charge in [0.2, 0.25) is 0 Å². The fraction of sp³-hybridized carbons (Fsp3) is 0.429. The van der Waals surface area contributed by atoms with E-state index in [0.717, 1.165) is 21.8 Å². The van der Waals surface area contributed by atoms with E-state index in [4.69, 9.17) is 0 Å². The van der Waals surface area contributed by atoms with E-state index in [1.165, 1.54) is 0 Å². The fourth-order valence-electron chi connectivity index (χ4n) is 1.81. The summed E-state index contributed by atoms with van der Waals surface area (Å²) in [6.07, 6.45) is 4.01. The molecule has 0 bridgehead atoms. The molecule has 0 saturated heterocycles. The highest BCUT2D eigenvalue weighted by Gasteiger charge is 2.12. The molecule has 0 spiro atoms. The maximum atomic E-state index is 4.55. The van der Waals surface area contributed by atoms with Crippen LogP contribution >= 0.6 is 39.9 Å². The van der Waals surface area contributed by atoms with E-state index in [-0.39, 0.29) is 29.5 Å². The third kappa shape index (κ3) is 5.46. The normalized spacial score (nSPS) is 12.1. The monoisotopic (exact) mass is 465 g/mol. The van der Waals surface area contributed by atoms with Gasteiger partial charge in [-0.05, 0) is 48.8 Å². The van der Waals surface area contributed by atoms with Gasteiger partial charge in [0.1, 0.15) is 5.65 Å². The summed E-state index contributed by atoms with van der Waals surface area (Å²) in [5, 5.41) is 6.58. The highest BCUT2D eigenvalue weighted by Crippen LogP contribution is 2.12. The van der Waals surface area contributed by atoms with Crippen LogP contribution in [0.4, 0.5) is 0 Å². The predicted molar refractivity (Wildman–Crippen MR) is 101 cm³/mol. The minimum atomic E-state index is -0.0222. The molecule has 2 heterocycles. The molecular weight excluding hydrogens is 445 g/mol. The molecule has 0 aliphatic carbocycles. The lowest BCUT2D eigenvalue weighted by Crippen LogP contribution is -2.47. The lowest BCUT2D eigenvalue weighted by Gasteiger charge is -2.23. The second kappa shape index (κ2) is 7.44. The Balaban J connectivity index is 0.00000220. The summed E-state index contributed by atoms with van der Waals surface area (Å²) in [5.41, 5.74) is 1.88.